The van der Waals surface area contributed by atoms with Gasteiger partial charge >= 0.3 is 24.0 Å². The Morgan fingerprint density at radius 1 is 0.972 bits per heavy atom. The van der Waals surface area contributed by atoms with E-state index in [2.05, 4.69) is 5.32 Å². The minimum atomic E-state index is -1.04. The molecule has 1 N–H and O–H groups in total. The lowest BCUT2D eigenvalue weighted by molar-refractivity contribution is -0.148. The van der Waals surface area contributed by atoms with Crippen LogP contribution in [0.25, 0.3) is 0 Å². The van der Waals surface area contributed by atoms with Gasteiger partial charge in [-0.05, 0) is 78.1 Å². The van der Waals surface area contributed by atoms with Crippen LogP contribution in [0.4, 0.5) is 10.5 Å². The Labute approximate surface area is 212 Å². The number of ether oxygens (including phenoxy) is 4. The first-order valence-corrected chi connectivity index (χ1v) is 11.9. The van der Waals surface area contributed by atoms with Crippen molar-refractivity contribution in [2.24, 2.45) is 0 Å². The average molecular weight is 507 g/mol. The van der Waals surface area contributed by atoms with Crippen LogP contribution < -0.4 is 5.32 Å². The maximum absolute atomic E-state index is 13.0. The van der Waals surface area contributed by atoms with Crippen molar-refractivity contribution in [2.75, 3.05) is 19.5 Å². The van der Waals surface area contributed by atoms with Crippen molar-refractivity contribution in [3.05, 3.63) is 29.3 Å². The van der Waals surface area contributed by atoms with E-state index < -0.39 is 41.2 Å². The standard InChI is InChI=1S/C26H38N2O8/c1-25(2,3)35-22(30)16-9-12-19(27-20(23(31)34-8)14-21(29)33-7)17(13-16)15-28(18-10-11-18)24(32)36-26(4,5)6/h9,12-13,18,20,27H,10-11,14-15H2,1-8H3. The first kappa shape index (κ1) is 28.9. The summed E-state index contributed by atoms with van der Waals surface area (Å²) in [5.41, 5.74) is -0.0832. The van der Waals surface area contributed by atoms with Crippen molar-refractivity contribution < 1.29 is 38.1 Å². The number of rotatable bonds is 9. The van der Waals surface area contributed by atoms with Gasteiger partial charge in [0, 0.05) is 11.7 Å². The highest BCUT2D eigenvalue weighted by molar-refractivity contribution is 5.91. The van der Waals surface area contributed by atoms with E-state index >= 15 is 0 Å². The minimum absolute atomic E-state index is 0.00403. The van der Waals surface area contributed by atoms with Crippen LogP contribution in [-0.2, 0) is 35.1 Å². The topological polar surface area (TPSA) is 120 Å². The van der Waals surface area contributed by atoms with Crippen molar-refractivity contribution in [3.63, 3.8) is 0 Å². The molecular formula is C26H38N2O8. The highest BCUT2D eigenvalue weighted by Gasteiger charge is 2.36. The summed E-state index contributed by atoms with van der Waals surface area (Å²) in [5.74, 6) is -1.78. The fourth-order valence-corrected chi connectivity index (χ4v) is 3.34. The third-order valence-corrected chi connectivity index (χ3v) is 5.11. The Morgan fingerprint density at radius 2 is 1.58 bits per heavy atom. The Morgan fingerprint density at radius 3 is 2.08 bits per heavy atom. The molecule has 1 saturated carbocycles. The normalized spacial score (nSPS) is 14.3. The molecule has 0 aromatic heterocycles. The van der Waals surface area contributed by atoms with E-state index in [1.807, 2.05) is 0 Å². The smallest absolute Gasteiger partial charge is 0.410 e. The van der Waals surface area contributed by atoms with Gasteiger partial charge in [0.2, 0.25) is 0 Å². The molecule has 0 radical (unpaired) electrons. The molecule has 0 spiro atoms. The van der Waals surface area contributed by atoms with E-state index in [0.717, 1.165) is 12.8 Å². The number of benzene rings is 1. The lowest BCUT2D eigenvalue weighted by atomic mass is 10.1. The summed E-state index contributed by atoms with van der Waals surface area (Å²) in [6, 6.07) is 3.75. The van der Waals surface area contributed by atoms with Gasteiger partial charge in [-0.3, -0.25) is 4.79 Å². The van der Waals surface area contributed by atoms with Gasteiger partial charge in [-0.15, -0.1) is 0 Å². The van der Waals surface area contributed by atoms with Crippen LogP contribution in [0.3, 0.4) is 0 Å². The maximum atomic E-state index is 13.0. The number of anilines is 1. The number of carbonyl (C=O) groups is 4. The molecule has 10 nitrogen and oxygen atoms in total. The average Bonchev–Trinajstić information content (AvgIpc) is 3.59. The maximum Gasteiger partial charge on any atom is 0.410 e. The van der Waals surface area contributed by atoms with Crippen molar-refractivity contribution >= 4 is 29.7 Å². The lowest BCUT2D eigenvalue weighted by Gasteiger charge is -2.29. The molecule has 1 aliphatic carbocycles. The van der Waals surface area contributed by atoms with Gasteiger partial charge in [-0.2, -0.15) is 0 Å². The number of nitrogens with zero attached hydrogens (tertiary/aromatic N) is 1. The SMILES string of the molecule is COC(=O)CC(Nc1ccc(C(=O)OC(C)(C)C)cc1CN(C(=O)OC(C)(C)C)C1CC1)C(=O)OC. The number of nitrogens with one attached hydrogen (secondary N) is 1. The zero-order valence-electron chi connectivity index (χ0n) is 22.4. The van der Waals surface area contributed by atoms with Gasteiger partial charge < -0.3 is 29.2 Å². The predicted octanol–water partition coefficient (Wildman–Crippen LogP) is 4.06. The van der Waals surface area contributed by atoms with Gasteiger partial charge in [-0.1, -0.05) is 0 Å². The zero-order valence-corrected chi connectivity index (χ0v) is 22.4. The quantitative estimate of drug-likeness (QED) is 0.390. The molecule has 1 fully saturated rings. The molecule has 1 amide bonds. The van der Waals surface area contributed by atoms with Crippen molar-refractivity contribution in [2.45, 2.75) is 90.6 Å². The van der Waals surface area contributed by atoms with Crippen molar-refractivity contribution in [1.29, 1.82) is 0 Å². The zero-order chi connectivity index (χ0) is 27.3. The number of hydrogen-bond donors (Lipinski definition) is 1. The van der Waals surface area contributed by atoms with Crippen LogP contribution in [0, 0.1) is 0 Å². The molecule has 10 heteroatoms. The summed E-state index contributed by atoms with van der Waals surface area (Å²) in [4.78, 5) is 51.6. The highest BCUT2D eigenvalue weighted by atomic mass is 16.6. The Hall–Kier alpha value is -3.30. The Kier molecular flexibility index (Phi) is 9.34. The summed E-state index contributed by atoms with van der Waals surface area (Å²) in [7, 11) is 2.45. The van der Waals surface area contributed by atoms with E-state index in [9.17, 15) is 19.2 Å². The van der Waals surface area contributed by atoms with Crippen LogP contribution >= 0.6 is 0 Å². The summed E-state index contributed by atoms with van der Waals surface area (Å²) < 4.78 is 20.6. The largest absolute Gasteiger partial charge is 0.469 e. The summed E-state index contributed by atoms with van der Waals surface area (Å²) >= 11 is 0. The van der Waals surface area contributed by atoms with Crippen molar-refractivity contribution in [1.82, 2.24) is 4.90 Å². The second kappa shape index (κ2) is 11.6. The third kappa shape index (κ3) is 9.05. The molecule has 1 aliphatic rings. The molecule has 1 atom stereocenters. The first-order valence-electron chi connectivity index (χ1n) is 11.9. The van der Waals surface area contributed by atoms with E-state index in [1.54, 1.807) is 64.6 Å². The fraction of sp³-hybridized carbons (Fsp3) is 0.615. The summed E-state index contributed by atoms with van der Waals surface area (Å²) in [5, 5.41) is 3.02. The van der Waals surface area contributed by atoms with E-state index in [1.165, 1.54) is 14.2 Å². The molecule has 1 aromatic carbocycles. The fourth-order valence-electron chi connectivity index (χ4n) is 3.34. The Bertz CT molecular complexity index is 973. The molecule has 1 unspecified atom stereocenters. The van der Waals surface area contributed by atoms with E-state index in [0.29, 0.717) is 11.3 Å². The van der Waals surface area contributed by atoms with Gasteiger partial charge in [0.15, 0.2) is 0 Å². The van der Waals surface area contributed by atoms with Crippen molar-refractivity contribution in [3.8, 4) is 0 Å². The van der Waals surface area contributed by atoms with Crippen LogP contribution in [0.15, 0.2) is 18.2 Å². The second-order valence-electron chi connectivity index (χ2n) is 10.7. The highest BCUT2D eigenvalue weighted by Crippen LogP contribution is 2.32. The third-order valence-electron chi connectivity index (χ3n) is 5.11. The molecule has 1 aromatic rings. The number of carbonyl (C=O) groups excluding carboxylic acids is 4. The van der Waals surface area contributed by atoms with Gasteiger partial charge in [0.1, 0.15) is 17.2 Å². The molecule has 0 bridgehead atoms. The number of hydrogen-bond acceptors (Lipinski definition) is 9. The molecule has 0 saturated heterocycles. The molecule has 200 valence electrons. The summed E-state index contributed by atoms with van der Waals surface area (Å²) in [6.07, 6.45) is 0.925. The van der Waals surface area contributed by atoms with E-state index in [4.69, 9.17) is 18.9 Å². The molecule has 36 heavy (non-hydrogen) atoms. The number of esters is 3. The lowest BCUT2D eigenvalue weighted by Crippen LogP contribution is -2.38. The second-order valence-corrected chi connectivity index (χ2v) is 10.7. The van der Waals surface area contributed by atoms with E-state index in [-0.39, 0.29) is 24.6 Å². The molecular weight excluding hydrogens is 468 g/mol. The van der Waals surface area contributed by atoms with Crippen LogP contribution in [-0.4, -0.2) is 66.4 Å². The van der Waals surface area contributed by atoms with Crippen LogP contribution in [0.5, 0.6) is 0 Å². The monoisotopic (exact) mass is 506 g/mol. The summed E-state index contributed by atoms with van der Waals surface area (Å²) in [6.45, 7) is 10.8. The Balaban J connectivity index is 2.45. The van der Waals surface area contributed by atoms with Crippen LogP contribution in [0.2, 0.25) is 0 Å². The molecule has 0 heterocycles. The molecule has 0 aliphatic heterocycles. The predicted molar refractivity (Wildman–Crippen MR) is 132 cm³/mol. The minimum Gasteiger partial charge on any atom is -0.469 e. The van der Waals surface area contributed by atoms with Gasteiger partial charge in [0.25, 0.3) is 0 Å². The van der Waals surface area contributed by atoms with Crippen LogP contribution in [0.1, 0.15) is 76.7 Å². The number of methoxy groups -OCH3 is 2. The molecule has 2 rings (SSSR count). The van der Waals surface area contributed by atoms with Gasteiger partial charge in [-0.25, -0.2) is 14.4 Å². The number of amides is 1. The first-order chi connectivity index (χ1) is 16.6. The van der Waals surface area contributed by atoms with Gasteiger partial charge in [0.05, 0.1) is 32.7 Å².